The van der Waals surface area contributed by atoms with Crippen molar-refractivity contribution in [2.24, 2.45) is 4.99 Å². The summed E-state index contributed by atoms with van der Waals surface area (Å²) >= 11 is 3.36. The highest BCUT2D eigenvalue weighted by molar-refractivity contribution is 9.10. The van der Waals surface area contributed by atoms with Gasteiger partial charge in [0, 0.05) is 16.4 Å². The number of anilines is 1. The van der Waals surface area contributed by atoms with Crippen LogP contribution in [0.2, 0.25) is 0 Å². The molecule has 0 saturated carbocycles. The third-order valence-electron chi connectivity index (χ3n) is 2.45. The number of alkyl halides is 3. The summed E-state index contributed by atoms with van der Waals surface area (Å²) in [6.07, 6.45) is -1.99. The van der Waals surface area contributed by atoms with Crippen molar-refractivity contribution in [1.29, 1.82) is 0 Å². The van der Waals surface area contributed by atoms with Crippen molar-refractivity contribution in [3.05, 3.63) is 40.5 Å². The first kappa shape index (κ1) is 13.1. The summed E-state index contributed by atoms with van der Waals surface area (Å²) < 4.78 is 38.1. The smallest absolute Gasteiger partial charge is 0.328 e. The van der Waals surface area contributed by atoms with Gasteiger partial charge in [-0.1, -0.05) is 15.9 Å². The molecular weight excluding hydrogens is 309 g/mol. The molecule has 0 bridgehead atoms. The summed E-state index contributed by atoms with van der Waals surface area (Å²) in [5.74, 6) is 0. The van der Waals surface area contributed by atoms with Crippen LogP contribution in [0.15, 0.2) is 39.9 Å². The van der Waals surface area contributed by atoms with E-state index in [1.165, 1.54) is 6.20 Å². The van der Waals surface area contributed by atoms with E-state index in [2.05, 4.69) is 20.9 Å². The minimum absolute atomic E-state index is 0.0266. The highest BCUT2D eigenvalue weighted by atomic mass is 79.9. The average Bonchev–Trinajstić information content (AvgIpc) is 2.27. The molecule has 0 aromatic heterocycles. The molecule has 0 unspecified atom stereocenters. The zero-order chi connectivity index (χ0) is 13.3. The Balaban J connectivity index is 2.20. The zero-order valence-corrected chi connectivity index (χ0v) is 11.1. The maximum absolute atomic E-state index is 12.4. The van der Waals surface area contributed by atoms with Crippen LogP contribution in [0.4, 0.5) is 18.9 Å². The Hall–Kier alpha value is -1.30. The third kappa shape index (κ3) is 2.93. The number of rotatable bonds is 1. The average molecular weight is 319 g/mol. The van der Waals surface area contributed by atoms with Crippen molar-refractivity contribution >= 4 is 27.3 Å². The van der Waals surface area contributed by atoms with E-state index in [0.717, 1.165) is 21.8 Å². The minimum atomic E-state index is -4.38. The lowest BCUT2D eigenvalue weighted by molar-refractivity contribution is -0.0579. The SMILES string of the molecule is Cc1cc(Br)cc(N2C=CC(C(F)(F)F)=NC2)c1. The summed E-state index contributed by atoms with van der Waals surface area (Å²) in [4.78, 5) is 5.19. The molecule has 0 N–H and O–H groups in total. The Bertz CT molecular complexity index is 500. The molecule has 1 aliphatic rings. The molecule has 0 radical (unpaired) electrons. The van der Waals surface area contributed by atoms with Gasteiger partial charge in [-0.3, -0.25) is 4.99 Å². The number of allylic oxidation sites excluding steroid dienone is 1. The minimum Gasteiger partial charge on any atom is -0.328 e. The molecule has 0 fully saturated rings. The normalized spacial score (nSPS) is 15.8. The van der Waals surface area contributed by atoms with Crippen LogP contribution in [0.1, 0.15) is 5.56 Å². The molecule has 1 aromatic carbocycles. The third-order valence-corrected chi connectivity index (χ3v) is 2.91. The fraction of sp³-hybridized carbons (Fsp3) is 0.250. The standard InChI is InChI=1S/C12H10BrF3N2/c1-8-4-9(13)6-10(5-8)18-3-2-11(17-7-18)12(14,15)16/h2-6H,7H2,1H3. The van der Waals surface area contributed by atoms with E-state index in [4.69, 9.17) is 0 Å². The molecule has 1 aromatic rings. The molecule has 0 aliphatic carbocycles. The predicted molar refractivity (Wildman–Crippen MR) is 68.9 cm³/mol. The summed E-state index contributed by atoms with van der Waals surface area (Å²) in [7, 11) is 0. The first-order valence-corrected chi connectivity index (χ1v) is 5.99. The van der Waals surface area contributed by atoms with Crippen LogP contribution in [-0.2, 0) is 0 Å². The monoisotopic (exact) mass is 318 g/mol. The fourth-order valence-electron chi connectivity index (χ4n) is 1.65. The Morgan fingerprint density at radius 1 is 1.28 bits per heavy atom. The molecule has 0 amide bonds. The topological polar surface area (TPSA) is 15.6 Å². The van der Waals surface area contributed by atoms with E-state index in [-0.39, 0.29) is 6.67 Å². The van der Waals surface area contributed by atoms with E-state index < -0.39 is 11.9 Å². The first-order valence-electron chi connectivity index (χ1n) is 5.20. The van der Waals surface area contributed by atoms with Crippen LogP contribution in [0, 0.1) is 6.92 Å². The number of benzene rings is 1. The van der Waals surface area contributed by atoms with Crippen LogP contribution >= 0.6 is 15.9 Å². The van der Waals surface area contributed by atoms with Gasteiger partial charge in [-0.2, -0.15) is 13.2 Å². The molecular formula is C12H10BrF3N2. The summed E-state index contributed by atoms with van der Waals surface area (Å²) in [6.45, 7) is 1.90. The van der Waals surface area contributed by atoms with E-state index in [0.29, 0.717) is 0 Å². The van der Waals surface area contributed by atoms with Crippen molar-refractivity contribution in [1.82, 2.24) is 0 Å². The highest BCUT2D eigenvalue weighted by Crippen LogP contribution is 2.26. The van der Waals surface area contributed by atoms with Crippen LogP contribution in [-0.4, -0.2) is 18.6 Å². The number of aryl methyl sites for hydroxylation is 1. The lowest BCUT2D eigenvalue weighted by atomic mass is 10.2. The Morgan fingerprint density at radius 3 is 2.50 bits per heavy atom. The number of nitrogens with zero attached hydrogens (tertiary/aromatic N) is 2. The molecule has 18 heavy (non-hydrogen) atoms. The van der Waals surface area contributed by atoms with Gasteiger partial charge in [0.15, 0.2) is 0 Å². The quantitative estimate of drug-likeness (QED) is 0.762. The lowest BCUT2D eigenvalue weighted by Gasteiger charge is -2.23. The van der Waals surface area contributed by atoms with E-state index >= 15 is 0 Å². The predicted octanol–water partition coefficient (Wildman–Crippen LogP) is 4.05. The Labute approximate surface area is 111 Å². The second-order valence-corrected chi connectivity index (χ2v) is 4.87. The van der Waals surface area contributed by atoms with E-state index in [9.17, 15) is 13.2 Å². The number of hydrogen-bond donors (Lipinski definition) is 0. The molecule has 96 valence electrons. The molecule has 0 spiro atoms. The fourth-order valence-corrected chi connectivity index (χ4v) is 2.24. The molecule has 2 nitrogen and oxygen atoms in total. The van der Waals surface area contributed by atoms with Gasteiger partial charge in [0.05, 0.1) is 0 Å². The molecule has 0 atom stereocenters. The summed E-state index contributed by atoms with van der Waals surface area (Å²) in [6, 6.07) is 5.66. The van der Waals surface area contributed by atoms with Gasteiger partial charge in [-0.25, -0.2) is 0 Å². The van der Waals surface area contributed by atoms with Crippen molar-refractivity contribution in [3.8, 4) is 0 Å². The zero-order valence-electron chi connectivity index (χ0n) is 9.50. The largest absolute Gasteiger partial charge is 0.433 e. The van der Waals surface area contributed by atoms with Gasteiger partial charge in [-0.15, -0.1) is 0 Å². The first-order chi connectivity index (χ1) is 8.36. The molecule has 1 aliphatic heterocycles. The van der Waals surface area contributed by atoms with Crippen LogP contribution < -0.4 is 4.90 Å². The number of aliphatic imine (C=N–C) groups is 1. The maximum atomic E-state index is 12.4. The van der Waals surface area contributed by atoms with Crippen molar-refractivity contribution in [2.45, 2.75) is 13.1 Å². The van der Waals surface area contributed by atoms with Gasteiger partial charge >= 0.3 is 6.18 Å². The molecule has 0 saturated heterocycles. The van der Waals surface area contributed by atoms with Crippen molar-refractivity contribution in [3.63, 3.8) is 0 Å². The van der Waals surface area contributed by atoms with Crippen molar-refractivity contribution in [2.75, 3.05) is 11.6 Å². The highest BCUT2D eigenvalue weighted by Gasteiger charge is 2.34. The van der Waals surface area contributed by atoms with Crippen LogP contribution in [0.25, 0.3) is 0 Å². The molecule has 6 heteroatoms. The summed E-state index contributed by atoms with van der Waals surface area (Å²) in [5, 5.41) is 0. The number of halogens is 4. The molecule has 1 heterocycles. The van der Waals surface area contributed by atoms with Gasteiger partial charge < -0.3 is 4.90 Å². The van der Waals surface area contributed by atoms with Crippen molar-refractivity contribution < 1.29 is 13.2 Å². The van der Waals surface area contributed by atoms with Gasteiger partial charge in [0.2, 0.25) is 0 Å². The van der Waals surface area contributed by atoms with Gasteiger partial charge in [-0.05, 0) is 36.8 Å². The second kappa shape index (κ2) is 4.76. The van der Waals surface area contributed by atoms with Gasteiger partial charge in [0.25, 0.3) is 0 Å². The van der Waals surface area contributed by atoms with Crippen LogP contribution in [0.3, 0.4) is 0 Å². The second-order valence-electron chi connectivity index (χ2n) is 3.95. The van der Waals surface area contributed by atoms with Crippen LogP contribution in [0.5, 0.6) is 0 Å². The van der Waals surface area contributed by atoms with E-state index in [1.54, 1.807) is 4.90 Å². The maximum Gasteiger partial charge on any atom is 0.433 e. The Kier molecular flexibility index (Phi) is 3.47. The van der Waals surface area contributed by atoms with Gasteiger partial charge in [0.1, 0.15) is 12.4 Å². The number of hydrogen-bond acceptors (Lipinski definition) is 2. The lowest BCUT2D eigenvalue weighted by Crippen LogP contribution is -2.29. The summed E-state index contributed by atoms with van der Waals surface area (Å²) in [5.41, 5.74) is 0.993. The van der Waals surface area contributed by atoms with E-state index in [1.807, 2.05) is 25.1 Å². The Morgan fingerprint density at radius 2 is 2.00 bits per heavy atom. The molecule has 2 rings (SSSR count).